The molecule has 0 saturated carbocycles. The number of rotatable bonds is 5. The van der Waals surface area contributed by atoms with E-state index in [4.69, 9.17) is 12.2 Å². The first-order chi connectivity index (χ1) is 7.17. The molecule has 0 spiro atoms. The van der Waals surface area contributed by atoms with E-state index in [1.807, 2.05) is 6.07 Å². The highest BCUT2D eigenvalue weighted by Gasteiger charge is 2.04. The van der Waals surface area contributed by atoms with Gasteiger partial charge in [-0.3, -0.25) is 0 Å². The van der Waals surface area contributed by atoms with Gasteiger partial charge in [0.25, 0.3) is 0 Å². The van der Waals surface area contributed by atoms with Gasteiger partial charge in [0, 0.05) is 24.5 Å². The maximum atomic E-state index is 5.19. The highest BCUT2D eigenvalue weighted by Crippen LogP contribution is 2.15. The van der Waals surface area contributed by atoms with Crippen LogP contribution in [0.5, 0.6) is 0 Å². The lowest BCUT2D eigenvalue weighted by atomic mass is 10.2. The van der Waals surface area contributed by atoms with Gasteiger partial charge >= 0.3 is 0 Å². The van der Waals surface area contributed by atoms with E-state index in [1.165, 1.54) is 18.5 Å². The van der Waals surface area contributed by atoms with E-state index in [0.29, 0.717) is 0 Å². The SMILES string of the molecule is CCCN(CCC)c1cc(C)[nH]c(=S)c1. The van der Waals surface area contributed by atoms with Gasteiger partial charge in [-0.2, -0.15) is 0 Å². The van der Waals surface area contributed by atoms with E-state index in [0.717, 1.165) is 23.4 Å². The number of aromatic amines is 1. The van der Waals surface area contributed by atoms with Crippen LogP contribution in [0.25, 0.3) is 0 Å². The van der Waals surface area contributed by atoms with Crippen molar-refractivity contribution in [2.45, 2.75) is 33.6 Å². The quantitative estimate of drug-likeness (QED) is 0.769. The number of aryl methyl sites for hydroxylation is 1. The molecule has 3 heteroatoms. The lowest BCUT2D eigenvalue weighted by Gasteiger charge is -2.24. The smallest absolute Gasteiger partial charge is 0.105 e. The van der Waals surface area contributed by atoms with Crippen LogP contribution in [0, 0.1) is 11.6 Å². The Morgan fingerprint density at radius 2 is 1.80 bits per heavy atom. The first-order valence-electron chi connectivity index (χ1n) is 5.63. The van der Waals surface area contributed by atoms with E-state index < -0.39 is 0 Å². The van der Waals surface area contributed by atoms with E-state index in [2.05, 4.69) is 36.7 Å². The molecular weight excluding hydrogens is 204 g/mol. The lowest BCUT2D eigenvalue weighted by Crippen LogP contribution is -2.24. The number of aromatic nitrogens is 1. The minimum Gasteiger partial charge on any atom is -0.371 e. The number of hydrogen-bond donors (Lipinski definition) is 1. The van der Waals surface area contributed by atoms with E-state index in [-0.39, 0.29) is 0 Å². The van der Waals surface area contributed by atoms with Gasteiger partial charge in [0.05, 0.1) is 0 Å². The first-order valence-corrected chi connectivity index (χ1v) is 6.04. The average molecular weight is 224 g/mol. The zero-order chi connectivity index (χ0) is 11.3. The topological polar surface area (TPSA) is 19.0 Å². The van der Waals surface area contributed by atoms with Gasteiger partial charge in [-0.1, -0.05) is 26.1 Å². The predicted octanol–water partition coefficient (Wildman–Crippen LogP) is 3.68. The van der Waals surface area contributed by atoms with Gasteiger partial charge in [0.1, 0.15) is 4.64 Å². The van der Waals surface area contributed by atoms with Crippen LogP contribution in [0.2, 0.25) is 0 Å². The molecule has 0 aromatic carbocycles. The number of hydrogen-bond acceptors (Lipinski definition) is 2. The molecule has 0 unspecified atom stereocenters. The van der Waals surface area contributed by atoms with Crippen LogP contribution in [0.3, 0.4) is 0 Å². The third-order valence-electron chi connectivity index (χ3n) is 2.32. The van der Waals surface area contributed by atoms with Gasteiger partial charge in [0.15, 0.2) is 0 Å². The fraction of sp³-hybridized carbons (Fsp3) is 0.583. The molecule has 1 rings (SSSR count). The summed E-state index contributed by atoms with van der Waals surface area (Å²) in [4.78, 5) is 5.54. The van der Waals surface area contributed by atoms with Crippen molar-refractivity contribution >= 4 is 17.9 Å². The van der Waals surface area contributed by atoms with Crippen LogP contribution in [0.1, 0.15) is 32.4 Å². The Morgan fingerprint density at radius 3 is 2.27 bits per heavy atom. The van der Waals surface area contributed by atoms with Crippen molar-refractivity contribution in [3.05, 3.63) is 22.5 Å². The average Bonchev–Trinajstić information content (AvgIpc) is 2.16. The minimum absolute atomic E-state index is 0.821. The molecule has 2 nitrogen and oxygen atoms in total. The molecule has 15 heavy (non-hydrogen) atoms. The van der Waals surface area contributed by atoms with E-state index >= 15 is 0 Å². The largest absolute Gasteiger partial charge is 0.371 e. The molecule has 0 aliphatic heterocycles. The molecule has 84 valence electrons. The second kappa shape index (κ2) is 5.91. The normalized spacial score (nSPS) is 10.3. The zero-order valence-corrected chi connectivity index (χ0v) is 10.7. The fourth-order valence-electron chi connectivity index (χ4n) is 1.76. The standard InChI is InChI=1S/C12H20N2S/c1-4-6-14(7-5-2)11-8-10(3)13-12(15)9-11/h8-9H,4-7H2,1-3H3,(H,13,15). The van der Waals surface area contributed by atoms with Gasteiger partial charge in [-0.05, 0) is 31.9 Å². The molecular formula is C12H20N2S. The monoisotopic (exact) mass is 224 g/mol. The van der Waals surface area contributed by atoms with Crippen LogP contribution in [-0.2, 0) is 0 Å². The van der Waals surface area contributed by atoms with Crippen molar-refractivity contribution in [2.75, 3.05) is 18.0 Å². The van der Waals surface area contributed by atoms with Gasteiger partial charge in [0.2, 0.25) is 0 Å². The Bertz CT molecular complexity index is 351. The van der Waals surface area contributed by atoms with Crippen molar-refractivity contribution in [3.8, 4) is 0 Å². The lowest BCUT2D eigenvalue weighted by molar-refractivity contribution is 0.743. The second-order valence-corrected chi connectivity index (χ2v) is 4.31. The highest BCUT2D eigenvalue weighted by molar-refractivity contribution is 7.71. The molecule has 1 aromatic heterocycles. The summed E-state index contributed by atoms with van der Waals surface area (Å²) in [6.45, 7) is 8.67. The van der Waals surface area contributed by atoms with Crippen LogP contribution >= 0.6 is 12.2 Å². The summed E-state index contributed by atoms with van der Waals surface area (Å²) in [6, 6.07) is 4.22. The Labute approximate surface area is 97.3 Å². The first kappa shape index (κ1) is 12.2. The van der Waals surface area contributed by atoms with Crippen LogP contribution < -0.4 is 4.90 Å². The number of nitrogens with zero attached hydrogens (tertiary/aromatic N) is 1. The maximum Gasteiger partial charge on any atom is 0.105 e. The third-order valence-corrected chi connectivity index (χ3v) is 2.54. The van der Waals surface area contributed by atoms with Crippen LogP contribution in [0.15, 0.2) is 12.1 Å². The van der Waals surface area contributed by atoms with Gasteiger partial charge in [-0.25, -0.2) is 0 Å². The zero-order valence-electron chi connectivity index (χ0n) is 9.84. The molecule has 0 aliphatic rings. The Hall–Kier alpha value is -0.830. The number of H-pyrrole nitrogens is 1. The molecule has 0 bridgehead atoms. The molecule has 0 radical (unpaired) electrons. The van der Waals surface area contributed by atoms with Crippen molar-refractivity contribution < 1.29 is 0 Å². The van der Waals surface area contributed by atoms with Crippen LogP contribution in [0.4, 0.5) is 5.69 Å². The molecule has 0 saturated heterocycles. The maximum absolute atomic E-state index is 5.19. The molecule has 0 aliphatic carbocycles. The summed E-state index contributed by atoms with van der Waals surface area (Å²) in [7, 11) is 0. The number of pyridine rings is 1. The molecule has 0 amide bonds. The number of nitrogens with one attached hydrogen (secondary N) is 1. The van der Waals surface area contributed by atoms with Gasteiger partial charge in [-0.15, -0.1) is 0 Å². The highest BCUT2D eigenvalue weighted by atomic mass is 32.1. The minimum atomic E-state index is 0.821. The summed E-state index contributed by atoms with van der Waals surface area (Å²) < 4.78 is 0.821. The second-order valence-electron chi connectivity index (χ2n) is 3.87. The third kappa shape index (κ3) is 3.67. The Balaban J connectivity index is 2.93. The van der Waals surface area contributed by atoms with Crippen LogP contribution in [-0.4, -0.2) is 18.1 Å². The van der Waals surface area contributed by atoms with Crippen molar-refractivity contribution in [2.24, 2.45) is 0 Å². The van der Waals surface area contributed by atoms with E-state index in [1.54, 1.807) is 0 Å². The van der Waals surface area contributed by atoms with Gasteiger partial charge < -0.3 is 9.88 Å². The molecule has 0 fully saturated rings. The molecule has 1 aromatic rings. The summed E-state index contributed by atoms with van der Waals surface area (Å²) in [5.74, 6) is 0. The summed E-state index contributed by atoms with van der Waals surface area (Å²) in [5, 5.41) is 0. The van der Waals surface area contributed by atoms with Crippen molar-refractivity contribution in [1.82, 2.24) is 4.98 Å². The molecule has 1 N–H and O–H groups in total. The predicted molar refractivity (Wildman–Crippen MR) is 69.2 cm³/mol. The Morgan fingerprint density at radius 1 is 1.20 bits per heavy atom. The molecule has 0 atom stereocenters. The molecule has 1 heterocycles. The van der Waals surface area contributed by atoms with E-state index in [9.17, 15) is 0 Å². The summed E-state index contributed by atoms with van der Waals surface area (Å²) in [6.07, 6.45) is 2.34. The summed E-state index contributed by atoms with van der Waals surface area (Å²) >= 11 is 5.19. The number of anilines is 1. The van der Waals surface area contributed by atoms with Crippen molar-refractivity contribution in [1.29, 1.82) is 0 Å². The Kier molecular flexibility index (Phi) is 4.82. The fourth-order valence-corrected chi connectivity index (χ4v) is 2.04. The van der Waals surface area contributed by atoms with Crippen molar-refractivity contribution in [3.63, 3.8) is 0 Å². The summed E-state index contributed by atoms with van der Waals surface area (Å²) in [5.41, 5.74) is 2.38.